The van der Waals surface area contributed by atoms with E-state index in [4.69, 9.17) is 4.74 Å². The maximum Gasteiger partial charge on any atom is 0.339 e. The fourth-order valence-corrected chi connectivity index (χ4v) is 2.83. The molecule has 0 amide bonds. The highest BCUT2D eigenvalue weighted by molar-refractivity contribution is 5.91. The summed E-state index contributed by atoms with van der Waals surface area (Å²) in [7, 11) is 0. The molecule has 0 aliphatic rings. The number of carboxylic acids is 1. The molecule has 1 N–H and O–H groups in total. The molecule has 112 valence electrons. The Morgan fingerprint density at radius 1 is 1.20 bits per heavy atom. The molecule has 0 aromatic heterocycles. The molecule has 0 saturated carbocycles. The molecule has 20 heavy (non-hydrogen) atoms. The minimum absolute atomic E-state index is 0.0762. The summed E-state index contributed by atoms with van der Waals surface area (Å²) in [6.45, 7) is 13.2. The first-order valence-electron chi connectivity index (χ1n) is 7.07. The molecule has 0 saturated heterocycles. The summed E-state index contributed by atoms with van der Waals surface area (Å²) in [6.07, 6.45) is 0.979. The minimum Gasteiger partial charge on any atom is -0.493 e. The van der Waals surface area contributed by atoms with Gasteiger partial charge in [-0.2, -0.15) is 0 Å². The third kappa shape index (κ3) is 4.26. The lowest BCUT2D eigenvalue weighted by Gasteiger charge is -2.33. The third-order valence-electron chi connectivity index (χ3n) is 3.26. The normalized spacial score (nSPS) is 12.3. The molecule has 0 fully saturated rings. The summed E-state index contributed by atoms with van der Waals surface area (Å²) in [5, 5.41) is 9.34. The number of carbonyl (C=O) groups is 1. The molecule has 1 aromatic carbocycles. The molecule has 0 bridgehead atoms. The SMILES string of the molecule is CCOc1ccc(C(C)(C)CC(C)(C)C)cc1C(=O)O. The van der Waals surface area contributed by atoms with Gasteiger partial charge in [-0.25, -0.2) is 4.79 Å². The quantitative estimate of drug-likeness (QED) is 0.862. The van der Waals surface area contributed by atoms with Crippen molar-refractivity contribution in [2.24, 2.45) is 5.41 Å². The van der Waals surface area contributed by atoms with Gasteiger partial charge in [0, 0.05) is 0 Å². The Balaban J connectivity index is 3.20. The molecule has 0 radical (unpaired) electrons. The lowest BCUT2D eigenvalue weighted by Crippen LogP contribution is -2.25. The Morgan fingerprint density at radius 3 is 2.25 bits per heavy atom. The third-order valence-corrected chi connectivity index (χ3v) is 3.26. The number of benzene rings is 1. The average molecular weight is 278 g/mol. The fourth-order valence-electron chi connectivity index (χ4n) is 2.83. The van der Waals surface area contributed by atoms with Gasteiger partial charge < -0.3 is 9.84 Å². The first-order valence-corrected chi connectivity index (χ1v) is 7.07. The molecule has 0 aliphatic heterocycles. The molecule has 1 aromatic rings. The maximum atomic E-state index is 11.4. The van der Waals surface area contributed by atoms with Crippen LogP contribution in [-0.4, -0.2) is 17.7 Å². The zero-order valence-corrected chi connectivity index (χ0v) is 13.4. The largest absolute Gasteiger partial charge is 0.493 e. The van der Waals surface area contributed by atoms with Gasteiger partial charge in [0.1, 0.15) is 11.3 Å². The first kappa shape index (κ1) is 16.5. The summed E-state index contributed by atoms with van der Waals surface area (Å²) in [4.78, 5) is 11.4. The molecule has 0 heterocycles. The van der Waals surface area contributed by atoms with E-state index in [1.165, 1.54) is 0 Å². The van der Waals surface area contributed by atoms with E-state index in [0.29, 0.717) is 12.4 Å². The van der Waals surface area contributed by atoms with Crippen LogP contribution in [0.25, 0.3) is 0 Å². The van der Waals surface area contributed by atoms with Crippen molar-refractivity contribution in [2.45, 2.75) is 53.4 Å². The minimum atomic E-state index is -0.943. The lowest BCUT2D eigenvalue weighted by atomic mass is 9.72. The van der Waals surface area contributed by atoms with Crippen molar-refractivity contribution in [3.63, 3.8) is 0 Å². The van der Waals surface area contributed by atoms with Crippen LogP contribution in [0, 0.1) is 5.41 Å². The number of carboxylic acid groups (broad SMARTS) is 1. The summed E-state index contributed by atoms with van der Waals surface area (Å²) in [5.41, 5.74) is 1.39. The summed E-state index contributed by atoms with van der Waals surface area (Å²) in [5.74, 6) is -0.503. The molecule has 3 heteroatoms. The summed E-state index contributed by atoms with van der Waals surface area (Å²) >= 11 is 0. The first-order chi connectivity index (χ1) is 9.07. The van der Waals surface area contributed by atoms with Crippen molar-refractivity contribution in [1.82, 2.24) is 0 Å². The second-order valence-corrected chi connectivity index (χ2v) is 7.07. The van der Waals surface area contributed by atoms with Crippen LogP contribution in [-0.2, 0) is 5.41 Å². The number of aromatic carboxylic acids is 1. The van der Waals surface area contributed by atoms with E-state index >= 15 is 0 Å². The van der Waals surface area contributed by atoms with E-state index in [2.05, 4.69) is 34.6 Å². The standard InChI is InChI=1S/C17H26O3/c1-7-20-14-9-8-12(10-13(14)15(18)19)17(5,6)11-16(2,3)4/h8-10H,7,11H2,1-6H3,(H,18,19). The Morgan fingerprint density at radius 2 is 1.80 bits per heavy atom. The fraction of sp³-hybridized carbons (Fsp3) is 0.588. The van der Waals surface area contributed by atoms with Crippen LogP contribution in [0.15, 0.2) is 18.2 Å². The topological polar surface area (TPSA) is 46.5 Å². The van der Waals surface area contributed by atoms with Gasteiger partial charge in [-0.05, 0) is 41.9 Å². The van der Waals surface area contributed by atoms with Crippen molar-refractivity contribution >= 4 is 5.97 Å². The smallest absolute Gasteiger partial charge is 0.339 e. The van der Waals surface area contributed by atoms with Gasteiger partial charge in [0.25, 0.3) is 0 Å². The van der Waals surface area contributed by atoms with Crippen LogP contribution in [0.4, 0.5) is 0 Å². The Kier molecular flexibility index (Phi) is 4.85. The molecule has 0 atom stereocenters. The predicted molar refractivity (Wildman–Crippen MR) is 81.7 cm³/mol. The van der Waals surface area contributed by atoms with Gasteiger partial charge in [0.2, 0.25) is 0 Å². The molecule has 0 unspecified atom stereocenters. The van der Waals surface area contributed by atoms with Crippen molar-refractivity contribution < 1.29 is 14.6 Å². The van der Waals surface area contributed by atoms with E-state index in [9.17, 15) is 9.90 Å². The molecule has 3 nitrogen and oxygen atoms in total. The number of rotatable bonds is 5. The van der Waals surface area contributed by atoms with E-state index in [-0.39, 0.29) is 16.4 Å². The van der Waals surface area contributed by atoms with Crippen molar-refractivity contribution in [2.75, 3.05) is 6.61 Å². The molecule has 0 aliphatic carbocycles. The van der Waals surface area contributed by atoms with Crippen LogP contribution < -0.4 is 4.74 Å². The highest BCUT2D eigenvalue weighted by atomic mass is 16.5. The highest BCUT2D eigenvalue weighted by Crippen LogP contribution is 2.37. The van der Waals surface area contributed by atoms with E-state index in [1.54, 1.807) is 12.1 Å². The van der Waals surface area contributed by atoms with Crippen molar-refractivity contribution in [1.29, 1.82) is 0 Å². The monoisotopic (exact) mass is 278 g/mol. The zero-order chi connectivity index (χ0) is 15.6. The Bertz CT molecular complexity index is 481. The van der Waals surface area contributed by atoms with Crippen LogP contribution in [0.1, 0.15) is 63.9 Å². The van der Waals surface area contributed by atoms with Gasteiger partial charge in [0.05, 0.1) is 6.61 Å². The molecular weight excluding hydrogens is 252 g/mol. The maximum absolute atomic E-state index is 11.4. The van der Waals surface area contributed by atoms with Gasteiger partial charge in [-0.3, -0.25) is 0 Å². The summed E-state index contributed by atoms with van der Waals surface area (Å²) < 4.78 is 5.39. The predicted octanol–water partition coefficient (Wildman–Crippen LogP) is 4.50. The van der Waals surface area contributed by atoms with Crippen LogP contribution in [0.5, 0.6) is 5.75 Å². The number of ether oxygens (including phenoxy) is 1. The average Bonchev–Trinajstić information content (AvgIpc) is 2.26. The Hall–Kier alpha value is -1.51. The second-order valence-electron chi connectivity index (χ2n) is 7.07. The van der Waals surface area contributed by atoms with Crippen molar-refractivity contribution in [3.8, 4) is 5.75 Å². The Labute approximate surface area is 122 Å². The summed E-state index contributed by atoms with van der Waals surface area (Å²) in [6, 6.07) is 5.49. The molecular formula is C17H26O3. The van der Waals surface area contributed by atoms with Crippen LogP contribution in [0.2, 0.25) is 0 Å². The highest BCUT2D eigenvalue weighted by Gasteiger charge is 2.28. The van der Waals surface area contributed by atoms with E-state index < -0.39 is 5.97 Å². The molecule has 1 rings (SSSR count). The zero-order valence-electron chi connectivity index (χ0n) is 13.4. The van der Waals surface area contributed by atoms with Crippen LogP contribution >= 0.6 is 0 Å². The van der Waals surface area contributed by atoms with Gasteiger partial charge in [-0.1, -0.05) is 40.7 Å². The number of hydrogen-bond donors (Lipinski definition) is 1. The second kappa shape index (κ2) is 5.86. The van der Waals surface area contributed by atoms with Crippen molar-refractivity contribution in [3.05, 3.63) is 29.3 Å². The lowest BCUT2D eigenvalue weighted by molar-refractivity contribution is 0.0692. The van der Waals surface area contributed by atoms with Crippen LogP contribution in [0.3, 0.4) is 0 Å². The van der Waals surface area contributed by atoms with E-state index in [0.717, 1.165) is 12.0 Å². The molecule has 0 spiro atoms. The van der Waals surface area contributed by atoms with Gasteiger partial charge in [0.15, 0.2) is 0 Å². The van der Waals surface area contributed by atoms with Gasteiger partial charge >= 0.3 is 5.97 Å². The number of hydrogen-bond acceptors (Lipinski definition) is 2. The van der Waals surface area contributed by atoms with Gasteiger partial charge in [-0.15, -0.1) is 0 Å². The van der Waals surface area contributed by atoms with E-state index in [1.807, 2.05) is 13.0 Å².